The highest BCUT2D eigenvalue weighted by Crippen LogP contribution is 2.29. The van der Waals surface area contributed by atoms with Crippen LogP contribution in [0.25, 0.3) is 0 Å². The number of allylic oxidation sites excluding steroid dienone is 1. The van der Waals surface area contributed by atoms with Gasteiger partial charge in [-0.25, -0.2) is 9.59 Å². The van der Waals surface area contributed by atoms with E-state index >= 15 is 0 Å². The van der Waals surface area contributed by atoms with E-state index in [9.17, 15) is 9.59 Å². The Morgan fingerprint density at radius 2 is 2.07 bits per heavy atom. The molecule has 2 atom stereocenters. The van der Waals surface area contributed by atoms with E-state index in [4.69, 9.17) is 14.2 Å². The van der Waals surface area contributed by atoms with E-state index in [1.165, 1.54) is 0 Å². The van der Waals surface area contributed by atoms with E-state index in [0.717, 1.165) is 30.6 Å². The third kappa shape index (κ3) is 4.80. The van der Waals surface area contributed by atoms with Gasteiger partial charge >= 0.3 is 12.0 Å². The number of urea groups is 1. The monoisotopic (exact) mass is 374 g/mol. The smallest absolute Gasteiger partial charge is 0.338 e. The fraction of sp³-hybridized carbons (Fsp3) is 0.500. The second kappa shape index (κ2) is 8.90. The van der Waals surface area contributed by atoms with Gasteiger partial charge in [0, 0.05) is 12.3 Å². The summed E-state index contributed by atoms with van der Waals surface area (Å²) in [5.41, 5.74) is 1.68. The van der Waals surface area contributed by atoms with Gasteiger partial charge in [-0.05, 0) is 43.9 Å². The summed E-state index contributed by atoms with van der Waals surface area (Å²) in [7, 11) is 0. The average molecular weight is 374 g/mol. The molecule has 27 heavy (non-hydrogen) atoms. The van der Waals surface area contributed by atoms with E-state index < -0.39 is 12.0 Å². The van der Waals surface area contributed by atoms with Gasteiger partial charge in [-0.3, -0.25) is 0 Å². The molecule has 0 unspecified atom stereocenters. The first-order valence-electron chi connectivity index (χ1n) is 9.38. The molecule has 0 aliphatic carbocycles. The molecule has 7 heteroatoms. The topological polar surface area (TPSA) is 85.9 Å². The van der Waals surface area contributed by atoms with Crippen LogP contribution in [0.15, 0.2) is 35.5 Å². The number of amides is 2. The molecule has 3 rings (SSSR count). The normalized spacial score (nSPS) is 22.2. The van der Waals surface area contributed by atoms with E-state index in [1.807, 2.05) is 31.2 Å². The summed E-state index contributed by atoms with van der Waals surface area (Å²) in [6, 6.07) is 6.45. The van der Waals surface area contributed by atoms with Gasteiger partial charge in [0.25, 0.3) is 0 Å². The molecule has 0 spiro atoms. The maximum atomic E-state index is 12.7. The summed E-state index contributed by atoms with van der Waals surface area (Å²) >= 11 is 0. The van der Waals surface area contributed by atoms with Crippen LogP contribution in [0.3, 0.4) is 0 Å². The lowest BCUT2D eigenvalue weighted by Crippen LogP contribution is -2.45. The Bertz CT molecular complexity index is 708. The highest BCUT2D eigenvalue weighted by molar-refractivity contribution is 5.95. The molecule has 7 nitrogen and oxygen atoms in total. The summed E-state index contributed by atoms with van der Waals surface area (Å²) in [4.78, 5) is 24.7. The first-order valence-corrected chi connectivity index (χ1v) is 9.38. The van der Waals surface area contributed by atoms with Crippen molar-refractivity contribution in [3.8, 4) is 5.75 Å². The average Bonchev–Trinajstić information content (AvgIpc) is 3.18. The molecule has 2 heterocycles. The molecule has 1 saturated heterocycles. The number of hydrogen-bond donors (Lipinski definition) is 2. The van der Waals surface area contributed by atoms with Gasteiger partial charge in [0.2, 0.25) is 0 Å². The summed E-state index contributed by atoms with van der Waals surface area (Å²) in [6.45, 7) is 5.31. The molecule has 0 aromatic heterocycles. The molecule has 0 bridgehead atoms. The van der Waals surface area contributed by atoms with Gasteiger partial charge in [-0.15, -0.1) is 0 Å². The third-order valence-electron chi connectivity index (χ3n) is 4.60. The quantitative estimate of drug-likeness (QED) is 0.717. The molecule has 2 aliphatic rings. The molecule has 1 aromatic rings. The zero-order valence-corrected chi connectivity index (χ0v) is 15.7. The predicted molar refractivity (Wildman–Crippen MR) is 99.3 cm³/mol. The highest BCUT2D eigenvalue weighted by atomic mass is 16.6. The minimum Gasteiger partial charge on any atom is -0.494 e. The summed E-state index contributed by atoms with van der Waals surface area (Å²) in [5, 5.41) is 5.45. The lowest BCUT2D eigenvalue weighted by atomic mass is 9.95. The van der Waals surface area contributed by atoms with Crippen LogP contribution < -0.4 is 15.4 Å². The largest absolute Gasteiger partial charge is 0.494 e. The van der Waals surface area contributed by atoms with Gasteiger partial charge in [-0.1, -0.05) is 19.1 Å². The Kier molecular flexibility index (Phi) is 6.34. The van der Waals surface area contributed by atoms with Crippen molar-refractivity contribution in [2.24, 2.45) is 0 Å². The lowest BCUT2D eigenvalue weighted by Gasteiger charge is -2.28. The third-order valence-corrected chi connectivity index (χ3v) is 4.60. The first-order chi connectivity index (χ1) is 13.1. The highest BCUT2D eigenvalue weighted by Gasteiger charge is 2.32. The molecule has 1 fully saturated rings. The van der Waals surface area contributed by atoms with Gasteiger partial charge in [-0.2, -0.15) is 0 Å². The number of rotatable bonds is 7. The molecular weight excluding hydrogens is 348 g/mol. The summed E-state index contributed by atoms with van der Waals surface area (Å²) < 4.78 is 16.6. The van der Waals surface area contributed by atoms with Crippen molar-refractivity contribution in [1.29, 1.82) is 0 Å². The number of ether oxygens (including phenoxy) is 3. The molecule has 146 valence electrons. The number of esters is 1. The maximum absolute atomic E-state index is 12.7. The number of nitrogens with one attached hydrogen (secondary N) is 2. The van der Waals surface area contributed by atoms with Crippen molar-refractivity contribution >= 4 is 12.0 Å². The molecular formula is C20H26N2O5. The Morgan fingerprint density at radius 3 is 2.74 bits per heavy atom. The SMILES string of the molecule is CCCOc1ccc([C@H]2NC(=O)NC(C)=C2C(=O)OC[C@@H]2CCCO2)cc1. The van der Waals surface area contributed by atoms with Gasteiger partial charge < -0.3 is 24.8 Å². The van der Waals surface area contributed by atoms with Crippen LogP contribution in [0.2, 0.25) is 0 Å². The number of carbonyl (C=O) groups is 2. The van der Waals surface area contributed by atoms with Crippen molar-refractivity contribution in [2.75, 3.05) is 19.8 Å². The number of carbonyl (C=O) groups excluding carboxylic acids is 2. The van der Waals surface area contributed by atoms with Crippen LogP contribution >= 0.6 is 0 Å². The van der Waals surface area contributed by atoms with Gasteiger partial charge in [0.15, 0.2) is 0 Å². The predicted octanol–water partition coefficient (Wildman–Crippen LogP) is 2.83. The van der Waals surface area contributed by atoms with Crippen molar-refractivity contribution in [2.45, 2.75) is 45.3 Å². The second-order valence-corrected chi connectivity index (χ2v) is 6.72. The molecule has 1 aromatic carbocycles. The second-order valence-electron chi connectivity index (χ2n) is 6.72. The van der Waals surface area contributed by atoms with Crippen molar-refractivity contribution < 1.29 is 23.8 Å². The van der Waals surface area contributed by atoms with E-state index in [2.05, 4.69) is 10.6 Å². The van der Waals surface area contributed by atoms with Crippen molar-refractivity contribution in [3.05, 3.63) is 41.1 Å². The molecule has 0 radical (unpaired) electrons. The summed E-state index contributed by atoms with van der Waals surface area (Å²) in [6.07, 6.45) is 2.75. The van der Waals surface area contributed by atoms with Crippen LogP contribution in [-0.4, -0.2) is 37.9 Å². The minimum atomic E-state index is -0.573. The fourth-order valence-electron chi connectivity index (χ4n) is 3.21. The molecule has 2 amide bonds. The molecule has 2 N–H and O–H groups in total. The van der Waals surface area contributed by atoms with E-state index in [0.29, 0.717) is 24.5 Å². The summed E-state index contributed by atoms with van der Waals surface area (Å²) in [5.74, 6) is 0.302. The first kappa shape index (κ1) is 19.2. The Balaban J connectivity index is 1.75. The van der Waals surface area contributed by atoms with Gasteiger partial charge in [0.1, 0.15) is 12.4 Å². The minimum absolute atomic E-state index is 0.0468. The van der Waals surface area contributed by atoms with Crippen LogP contribution in [0.4, 0.5) is 4.79 Å². The van der Waals surface area contributed by atoms with E-state index in [1.54, 1.807) is 6.92 Å². The lowest BCUT2D eigenvalue weighted by molar-refractivity contribution is -0.142. The van der Waals surface area contributed by atoms with Crippen LogP contribution in [0, 0.1) is 0 Å². The zero-order chi connectivity index (χ0) is 19.2. The van der Waals surface area contributed by atoms with Crippen molar-refractivity contribution in [3.63, 3.8) is 0 Å². The van der Waals surface area contributed by atoms with E-state index in [-0.39, 0.29) is 18.7 Å². The fourth-order valence-corrected chi connectivity index (χ4v) is 3.21. The van der Waals surface area contributed by atoms with Gasteiger partial charge in [0.05, 0.1) is 24.3 Å². The maximum Gasteiger partial charge on any atom is 0.338 e. The van der Waals surface area contributed by atoms with Crippen LogP contribution in [0.1, 0.15) is 44.7 Å². The Hall–Kier alpha value is -2.54. The zero-order valence-electron chi connectivity index (χ0n) is 15.7. The van der Waals surface area contributed by atoms with Crippen LogP contribution in [-0.2, 0) is 14.3 Å². The van der Waals surface area contributed by atoms with Crippen LogP contribution in [0.5, 0.6) is 5.75 Å². The Labute approximate surface area is 159 Å². The standard InChI is InChI=1S/C20H26N2O5/c1-3-10-25-15-8-6-14(7-9-15)18-17(13(2)21-20(24)22-18)19(23)27-12-16-5-4-11-26-16/h6-9,16,18H,3-5,10-12H2,1-2H3,(H2,21,22,24)/t16-,18+/m0/s1. The number of hydrogen-bond acceptors (Lipinski definition) is 5. The Morgan fingerprint density at radius 1 is 1.30 bits per heavy atom. The van der Waals surface area contributed by atoms with Crippen molar-refractivity contribution in [1.82, 2.24) is 10.6 Å². The number of benzene rings is 1. The molecule has 0 saturated carbocycles. The molecule has 2 aliphatic heterocycles.